The maximum absolute atomic E-state index is 9.55. The summed E-state index contributed by atoms with van der Waals surface area (Å²) >= 11 is 3.50. The van der Waals surface area contributed by atoms with E-state index in [1.54, 1.807) is 0 Å². The van der Waals surface area contributed by atoms with Gasteiger partial charge in [-0.25, -0.2) is 4.98 Å². The number of hydrogen-bond donors (Lipinski definition) is 0. The second kappa shape index (κ2) is 6.43. The number of aromatic nitrogens is 2. The zero-order chi connectivity index (χ0) is 16.4. The molecule has 23 heavy (non-hydrogen) atoms. The molecule has 3 aromatic rings. The topological polar surface area (TPSA) is 50.3 Å². The summed E-state index contributed by atoms with van der Waals surface area (Å²) in [5.41, 5.74) is 3.98. The van der Waals surface area contributed by atoms with E-state index in [2.05, 4.69) is 33.9 Å². The van der Waals surface area contributed by atoms with Gasteiger partial charge >= 0.3 is 0 Å². The predicted molar refractivity (Wildman–Crippen MR) is 93.6 cm³/mol. The monoisotopic (exact) mass is 369 g/mol. The highest BCUT2D eigenvalue weighted by Gasteiger charge is 2.15. The SMILES string of the molecule is CCCOc1ccc(-c2nc3cc(C)c(Br)cn3c2C#N)cc1. The Kier molecular flexibility index (Phi) is 4.35. The van der Waals surface area contributed by atoms with E-state index in [4.69, 9.17) is 4.74 Å². The molecule has 0 spiro atoms. The first-order valence-electron chi connectivity index (χ1n) is 7.45. The van der Waals surface area contributed by atoms with Gasteiger partial charge in [-0.2, -0.15) is 5.26 Å². The normalized spacial score (nSPS) is 10.7. The molecule has 2 aromatic heterocycles. The van der Waals surface area contributed by atoms with E-state index < -0.39 is 0 Å². The van der Waals surface area contributed by atoms with Crippen molar-refractivity contribution < 1.29 is 4.74 Å². The highest BCUT2D eigenvalue weighted by Crippen LogP contribution is 2.28. The van der Waals surface area contributed by atoms with E-state index >= 15 is 0 Å². The maximum atomic E-state index is 9.55. The Morgan fingerprint density at radius 2 is 2.04 bits per heavy atom. The number of hydrogen-bond acceptors (Lipinski definition) is 3. The number of rotatable bonds is 4. The van der Waals surface area contributed by atoms with Crippen molar-refractivity contribution in [3.8, 4) is 23.1 Å². The summed E-state index contributed by atoms with van der Waals surface area (Å²) in [5.74, 6) is 0.830. The van der Waals surface area contributed by atoms with Crippen LogP contribution in [-0.2, 0) is 0 Å². The van der Waals surface area contributed by atoms with Gasteiger partial charge in [0.05, 0.1) is 6.61 Å². The molecular weight excluding hydrogens is 354 g/mol. The molecule has 5 heteroatoms. The summed E-state index contributed by atoms with van der Waals surface area (Å²) in [7, 11) is 0. The maximum Gasteiger partial charge on any atom is 0.152 e. The van der Waals surface area contributed by atoms with Crippen molar-refractivity contribution in [1.29, 1.82) is 5.26 Å². The number of nitrogens with zero attached hydrogens (tertiary/aromatic N) is 3. The van der Waals surface area contributed by atoms with E-state index in [1.165, 1.54) is 0 Å². The molecule has 0 N–H and O–H groups in total. The summed E-state index contributed by atoms with van der Waals surface area (Å²) in [5, 5.41) is 9.55. The second-order valence-corrected chi connectivity index (χ2v) is 6.18. The largest absolute Gasteiger partial charge is 0.494 e. The molecule has 0 aliphatic carbocycles. The van der Waals surface area contributed by atoms with Gasteiger partial charge in [-0.1, -0.05) is 6.92 Å². The highest BCUT2D eigenvalue weighted by atomic mass is 79.9. The molecule has 0 radical (unpaired) electrons. The summed E-state index contributed by atoms with van der Waals surface area (Å²) in [4.78, 5) is 4.63. The van der Waals surface area contributed by atoms with Crippen molar-refractivity contribution in [2.24, 2.45) is 0 Å². The Morgan fingerprint density at radius 1 is 1.30 bits per heavy atom. The minimum atomic E-state index is 0.530. The van der Waals surface area contributed by atoms with Crippen LogP contribution in [0.25, 0.3) is 16.9 Å². The first-order chi connectivity index (χ1) is 11.1. The predicted octanol–water partition coefficient (Wildman–Crippen LogP) is 4.73. The zero-order valence-electron chi connectivity index (χ0n) is 13.0. The van der Waals surface area contributed by atoms with Gasteiger partial charge in [0.25, 0.3) is 0 Å². The second-order valence-electron chi connectivity index (χ2n) is 5.33. The Balaban J connectivity index is 2.07. The fourth-order valence-electron chi connectivity index (χ4n) is 2.40. The third kappa shape index (κ3) is 2.95. The number of benzene rings is 1. The molecule has 0 aliphatic heterocycles. The van der Waals surface area contributed by atoms with Crippen molar-refractivity contribution in [1.82, 2.24) is 9.38 Å². The third-order valence-electron chi connectivity index (χ3n) is 3.61. The van der Waals surface area contributed by atoms with Gasteiger partial charge < -0.3 is 4.74 Å². The summed E-state index contributed by atoms with van der Waals surface area (Å²) < 4.78 is 8.36. The van der Waals surface area contributed by atoms with Crippen molar-refractivity contribution >= 4 is 21.6 Å². The van der Waals surface area contributed by atoms with Crippen molar-refractivity contribution in [2.75, 3.05) is 6.61 Å². The smallest absolute Gasteiger partial charge is 0.152 e. The molecule has 0 fully saturated rings. The Hall–Kier alpha value is -2.32. The summed E-state index contributed by atoms with van der Waals surface area (Å²) in [6, 6.07) is 11.9. The van der Waals surface area contributed by atoms with Crippen LogP contribution in [0.5, 0.6) is 5.75 Å². The lowest BCUT2D eigenvalue weighted by Crippen LogP contribution is -1.94. The standard InChI is InChI=1S/C18H16BrN3O/c1-3-8-23-14-6-4-13(5-7-14)18-16(10-20)22-11-15(19)12(2)9-17(22)21-18/h4-7,9,11H,3,8H2,1-2H3. The third-order valence-corrected chi connectivity index (χ3v) is 4.44. The fraction of sp³-hybridized carbons (Fsp3) is 0.222. The average molecular weight is 370 g/mol. The van der Waals surface area contributed by atoms with E-state index in [1.807, 2.05) is 47.9 Å². The number of imidazole rings is 1. The Labute approximate surface area is 143 Å². The number of halogens is 1. The van der Waals surface area contributed by atoms with Crippen LogP contribution in [0, 0.1) is 18.3 Å². The molecule has 2 heterocycles. The van der Waals surface area contributed by atoms with Crippen LogP contribution < -0.4 is 4.74 Å². The molecule has 0 amide bonds. The molecule has 0 atom stereocenters. The quantitative estimate of drug-likeness (QED) is 0.667. The fourth-order valence-corrected chi connectivity index (χ4v) is 2.72. The van der Waals surface area contributed by atoms with Gasteiger partial charge in [-0.15, -0.1) is 0 Å². The Bertz CT molecular complexity index is 891. The highest BCUT2D eigenvalue weighted by molar-refractivity contribution is 9.10. The van der Waals surface area contributed by atoms with Crippen molar-refractivity contribution in [3.63, 3.8) is 0 Å². The first kappa shape index (κ1) is 15.6. The molecule has 0 bridgehead atoms. The molecule has 0 unspecified atom stereocenters. The number of fused-ring (bicyclic) bond motifs is 1. The molecule has 116 valence electrons. The number of aryl methyl sites for hydroxylation is 1. The summed E-state index contributed by atoms with van der Waals surface area (Å²) in [6.45, 7) is 4.78. The minimum Gasteiger partial charge on any atom is -0.494 e. The van der Waals surface area contributed by atoms with Crippen LogP contribution in [0.15, 0.2) is 41.0 Å². The molecule has 4 nitrogen and oxygen atoms in total. The lowest BCUT2D eigenvalue weighted by atomic mass is 10.1. The van der Waals surface area contributed by atoms with E-state index in [-0.39, 0.29) is 0 Å². The van der Waals surface area contributed by atoms with Crippen molar-refractivity contribution in [3.05, 3.63) is 52.3 Å². The molecule has 1 aromatic carbocycles. The Morgan fingerprint density at radius 3 is 2.70 bits per heavy atom. The number of pyridine rings is 1. The lowest BCUT2D eigenvalue weighted by Gasteiger charge is -2.05. The zero-order valence-corrected chi connectivity index (χ0v) is 14.6. The average Bonchev–Trinajstić information content (AvgIpc) is 2.91. The van der Waals surface area contributed by atoms with Crippen LogP contribution in [0.1, 0.15) is 24.6 Å². The van der Waals surface area contributed by atoms with Gasteiger partial charge in [0.1, 0.15) is 23.2 Å². The van der Waals surface area contributed by atoms with Gasteiger partial charge in [-0.3, -0.25) is 4.40 Å². The summed E-state index contributed by atoms with van der Waals surface area (Å²) in [6.07, 6.45) is 2.86. The number of nitriles is 1. The molecule has 0 saturated carbocycles. The van der Waals surface area contributed by atoms with Crippen LogP contribution in [0.2, 0.25) is 0 Å². The van der Waals surface area contributed by atoms with Gasteiger partial charge in [-0.05, 0) is 65.2 Å². The molecule has 3 rings (SSSR count). The van der Waals surface area contributed by atoms with E-state index in [9.17, 15) is 5.26 Å². The lowest BCUT2D eigenvalue weighted by molar-refractivity contribution is 0.317. The van der Waals surface area contributed by atoms with E-state index in [0.29, 0.717) is 18.0 Å². The first-order valence-corrected chi connectivity index (χ1v) is 8.25. The van der Waals surface area contributed by atoms with Crippen LogP contribution in [0.3, 0.4) is 0 Å². The molecule has 0 aliphatic rings. The minimum absolute atomic E-state index is 0.530. The van der Waals surface area contributed by atoms with Gasteiger partial charge in [0, 0.05) is 16.2 Å². The number of ether oxygens (including phenoxy) is 1. The van der Waals surface area contributed by atoms with Gasteiger partial charge in [0.2, 0.25) is 0 Å². The van der Waals surface area contributed by atoms with E-state index in [0.717, 1.165) is 33.4 Å². The van der Waals surface area contributed by atoms with Crippen LogP contribution >= 0.6 is 15.9 Å². The van der Waals surface area contributed by atoms with Gasteiger partial charge in [0.15, 0.2) is 5.69 Å². The molecular formula is C18H16BrN3O. The van der Waals surface area contributed by atoms with Crippen LogP contribution in [-0.4, -0.2) is 16.0 Å². The van der Waals surface area contributed by atoms with Crippen LogP contribution in [0.4, 0.5) is 0 Å². The molecule has 0 saturated heterocycles. The van der Waals surface area contributed by atoms with Crippen molar-refractivity contribution in [2.45, 2.75) is 20.3 Å².